The molecule has 1 heterocycles. The Morgan fingerprint density at radius 2 is 1.00 bits per heavy atom. The van der Waals surface area contributed by atoms with Crippen molar-refractivity contribution in [3.8, 4) is 0 Å². The van der Waals surface area contributed by atoms with Gasteiger partial charge in [0.25, 0.3) is 0 Å². The summed E-state index contributed by atoms with van der Waals surface area (Å²) in [6.45, 7) is 3.24. The van der Waals surface area contributed by atoms with Gasteiger partial charge in [-0.15, -0.1) is 0 Å². The van der Waals surface area contributed by atoms with E-state index in [0.717, 1.165) is 44.9 Å². The normalized spacial score (nSPS) is 21.6. The molecular formula is C44H87NO12S. The molecule has 0 aromatic rings. The maximum Gasteiger partial charge on any atom is 0.397 e. The summed E-state index contributed by atoms with van der Waals surface area (Å²) < 4.78 is 47.4. The lowest BCUT2D eigenvalue weighted by Gasteiger charge is -2.41. The average Bonchev–Trinajstić information content (AvgIpc) is 3.19. The third-order valence-electron chi connectivity index (χ3n) is 11.5. The summed E-state index contributed by atoms with van der Waals surface area (Å²) in [6.07, 6.45) is 24.7. The van der Waals surface area contributed by atoms with Gasteiger partial charge in [0.05, 0.1) is 25.4 Å². The summed E-state index contributed by atoms with van der Waals surface area (Å²) in [5.74, 6) is -0.668. The Hall–Kier alpha value is -0.940. The number of unbranched alkanes of at least 4 members (excludes halogenated alkanes) is 27. The van der Waals surface area contributed by atoms with Gasteiger partial charge in [0, 0.05) is 0 Å². The molecule has 0 radical (unpaired) electrons. The summed E-state index contributed by atoms with van der Waals surface area (Å²) in [7, 11) is -5.10. The van der Waals surface area contributed by atoms with Crippen LogP contribution in [0.3, 0.4) is 0 Å². The van der Waals surface area contributed by atoms with Gasteiger partial charge < -0.3 is 40.3 Å². The summed E-state index contributed by atoms with van der Waals surface area (Å²) in [5, 5.41) is 55.1. The molecule has 0 aromatic carbocycles. The quantitative estimate of drug-likeness (QED) is 0.0231. The Labute approximate surface area is 352 Å². The third-order valence-corrected chi connectivity index (χ3v) is 12.0. The van der Waals surface area contributed by atoms with E-state index in [0.29, 0.717) is 19.3 Å². The van der Waals surface area contributed by atoms with Crippen LogP contribution in [0.4, 0.5) is 0 Å². The number of rotatable bonds is 40. The van der Waals surface area contributed by atoms with E-state index in [9.17, 15) is 38.7 Å². The minimum atomic E-state index is -5.10. The summed E-state index contributed by atoms with van der Waals surface area (Å²) >= 11 is 0. The largest absolute Gasteiger partial charge is 0.397 e. The molecule has 1 amide bonds. The number of hydrogen-bond acceptors (Lipinski definition) is 11. The van der Waals surface area contributed by atoms with Gasteiger partial charge >= 0.3 is 10.4 Å². The molecule has 1 saturated heterocycles. The number of nitrogens with one attached hydrogen (secondary N) is 1. The standard InChI is InChI=1S/C44H87NO12S/c1-3-5-7-9-11-13-14-15-16-17-18-19-20-21-22-23-24-25-27-29-31-33-38(48)43(51)45-36(37(47)32-30-28-26-12-10-8-6-4-2)35-55-44-41(50)42(57-58(52,53)54)40(49)39(34-46)56-44/h36-42,44,46-50H,3-35H2,1-2H3,(H,45,51)(H,52,53,54). The van der Waals surface area contributed by atoms with Crippen LogP contribution in [-0.2, 0) is 28.9 Å². The van der Waals surface area contributed by atoms with E-state index in [1.54, 1.807) is 0 Å². The molecule has 7 N–H and O–H groups in total. The SMILES string of the molecule is CCCCCCCCCCCCCCCCCCCCCCCC(O)C(=O)NC(COC1OC(CO)C(O)C(OS(=O)(=O)O)C1O)C(O)CCCCCCCCCC. The van der Waals surface area contributed by atoms with Crippen molar-refractivity contribution in [1.82, 2.24) is 5.32 Å². The average molecular weight is 854 g/mol. The Balaban J connectivity index is 2.41. The number of hydrogen-bond donors (Lipinski definition) is 7. The molecule has 0 bridgehead atoms. The van der Waals surface area contributed by atoms with Crippen LogP contribution in [-0.4, -0.2) is 107 Å². The highest BCUT2D eigenvalue weighted by atomic mass is 32.3. The number of ether oxygens (including phenoxy) is 2. The van der Waals surface area contributed by atoms with Gasteiger partial charge in [-0.2, -0.15) is 8.42 Å². The number of aliphatic hydroxyl groups excluding tert-OH is 5. The molecule has 1 aliphatic heterocycles. The maximum absolute atomic E-state index is 13.1. The molecule has 8 atom stereocenters. The van der Waals surface area contributed by atoms with Gasteiger partial charge in [-0.25, -0.2) is 4.18 Å². The van der Waals surface area contributed by atoms with Crippen LogP contribution in [0.2, 0.25) is 0 Å². The Kier molecular flexibility index (Phi) is 33.8. The van der Waals surface area contributed by atoms with Crippen molar-refractivity contribution in [2.45, 2.75) is 262 Å². The van der Waals surface area contributed by atoms with Crippen molar-refractivity contribution in [3.63, 3.8) is 0 Å². The second-order valence-electron chi connectivity index (χ2n) is 16.9. The van der Waals surface area contributed by atoms with E-state index >= 15 is 0 Å². The van der Waals surface area contributed by atoms with Gasteiger partial charge in [0.1, 0.15) is 30.5 Å². The number of carbonyl (C=O) groups is 1. The summed E-state index contributed by atoms with van der Waals surface area (Å²) in [5.41, 5.74) is 0. The van der Waals surface area contributed by atoms with Gasteiger partial charge in [0.2, 0.25) is 5.91 Å². The Bertz CT molecular complexity index is 1070. The number of aliphatic hydroxyl groups is 5. The van der Waals surface area contributed by atoms with Crippen LogP contribution in [0.15, 0.2) is 0 Å². The first-order chi connectivity index (χ1) is 27.9. The highest BCUT2D eigenvalue weighted by Crippen LogP contribution is 2.26. The van der Waals surface area contributed by atoms with Crippen LogP contribution in [0.1, 0.15) is 213 Å². The first-order valence-corrected chi connectivity index (χ1v) is 24.9. The number of carbonyl (C=O) groups excluding carboxylic acids is 1. The predicted octanol–water partition coefficient (Wildman–Crippen LogP) is 7.97. The van der Waals surface area contributed by atoms with Crippen molar-refractivity contribution >= 4 is 16.3 Å². The first-order valence-electron chi connectivity index (χ1n) is 23.5. The van der Waals surface area contributed by atoms with E-state index in [2.05, 4.69) is 23.3 Å². The molecule has 1 aliphatic rings. The monoisotopic (exact) mass is 854 g/mol. The van der Waals surface area contributed by atoms with Crippen LogP contribution < -0.4 is 5.32 Å². The van der Waals surface area contributed by atoms with Crippen molar-refractivity contribution in [1.29, 1.82) is 0 Å². The molecule has 1 fully saturated rings. The molecule has 0 spiro atoms. The fraction of sp³-hybridized carbons (Fsp3) is 0.977. The van der Waals surface area contributed by atoms with Crippen molar-refractivity contribution in [3.05, 3.63) is 0 Å². The topological polar surface area (TPSA) is 212 Å². The van der Waals surface area contributed by atoms with Gasteiger partial charge in [-0.1, -0.05) is 200 Å². The zero-order valence-electron chi connectivity index (χ0n) is 36.5. The zero-order valence-corrected chi connectivity index (χ0v) is 37.3. The van der Waals surface area contributed by atoms with Crippen molar-refractivity contribution < 1.29 is 57.0 Å². The second kappa shape index (κ2) is 35.6. The fourth-order valence-electron chi connectivity index (χ4n) is 7.76. The molecule has 0 saturated carbocycles. The fourth-order valence-corrected chi connectivity index (χ4v) is 8.27. The van der Waals surface area contributed by atoms with Crippen LogP contribution in [0.25, 0.3) is 0 Å². The van der Waals surface area contributed by atoms with E-state index < -0.39 is 78.5 Å². The van der Waals surface area contributed by atoms with Gasteiger partial charge in [-0.3, -0.25) is 9.35 Å². The molecule has 13 nitrogen and oxygen atoms in total. The van der Waals surface area contributed by atoms with Gasteiger partial charge in [0.15, 0.2) is 6.29 Å². The lowest BCUT2D eigenvalue weighted by atomic mass is 9.99. The molecule has 14 heteroatoms. The van der Waals surface area contributed by atoms with Gasteiger partial charge in [-0.05, 0) is 12.8 Å². The molecule has 58 heavy (non-hydrogen) atoms. The van der Waals surface area contributed by atoms with Crippen LogP contribution >= 0.6 is 0 Å². The van der Waals surface area contributed by atoms with Crippen LogP contribution in [0, 0.1) is 0 Å². The van der Waals surface area contributed by atoms with E-state index in [4.69, 9.17) is 14.0 Å². The third kappa shape index (κ3) is 27.8. The Morgan fingerprint density at radius 3 is 1.38 bits per heavy atom. The lowest BCUT2D eigenvalue weighted by Crippen LogP contribution is -2.61. The zero-order chi connectivity index (χ0) is 42.9. The molecule has 1 rings (SSSR count). The minimum Gasteiger partial charge on any atom is -0.394 e. The van der Waals surface area contributed by atoms with Crippen molar-refractivity contribution in [2.75, 3.05) is 13.2 Å². The van der Waals surface area contributed by atoms with Crippen molar-refractivity contribution in [2.24, 2.45) is 0 Å². The predicted molar refractivity (Wildman–Crippen MR) is 229 cm³/mol. The van der Waals surface area contributed by atoms with E-state index in [1.165, 1.54) is 128 Å². The van der Waals surface area contributed by atoms with E-state index in [-0.39, 0.29) is 6.42 Å². The number of amides is 1. The molecule has 0 aromatic heterocycles. The Morgan fingerprint density at radius 1 is 0.621 bits per heavy atom. The highest BCUT2D eigenvalue weighted by molar-refractivity contribution is 7.80. The minimum absolute atomic E-state index is 0.266. The maximum atomic E-state index is 13.1. The molecule has 346 valence electrons. The molecule has 8 unspecified atom stereocenters. The highest BCUT2D eigenvalue weighted by Gasteiger charge is 2.48. The van der Waals surface area contributed by atoms with Crippen LogP contribution in [0.5, 0.6) is 0 Å². The summed E-state index contributed by atoms with van der Waals surface area (Å²) in [4.78, 5) is 13.1. The lowest BCUT2D eigenvalue weighted by molar-refractivity contribution is -0.298. The molecule has 0 aliphatic carbocycles. The second-order valence-corrected chi connectivity index (χ2v) is 17.9. The smallest absolute Gasteiger partial charge is 0.394 e. The van der Waals surface area contributed by atoms with E-state index in [1.807, 2.05) is 0 Å². The molecular weight excluding hydrogens is 767 g/mol. The first kappa shape index (κ1) is 55.1. The summed E-state index contributed by atoms with van der Waals surface area (Å²) in [6, 6.07) is -1.03.